The lowest BCUT2D eigenvalue weighted by molar-refractivity contribution is 0.220. The third-order valence-electron chi connectivity index (χ3n) is 3.87. The van der Waals surface area contributed by atoms with Crippen LogP contribution in [-0.4, -0.2) is 23.0 Å². The van der Waals surface area contributed by atoms with Crippen molar-refractivity contribution in [3.8, 4) is 11.3 Å². The molecule has 0 amide bonds. The predicted molar refractivity (Wildman–Crippen MR) is 95.9 cm³/mol. The predicted octanol–water partition coefficient (Wildman–Crippen LogP) is 5.62. The number of aromatic nitrogens is 1. The van der Waals surface area contributed by atoms with Gasteiger partial charge in [0, 0.05) is 16.5 Å². The van der Waals surface area contributed by atoms with Gasteiger partial charge in [-0.05, 0) is 25.9 Å². The number of hydrogen-bond acceptors (Lipinski definition) is 3. The number of rotatable bonds is 3. The van der Waals surface area contributed by atoms with Crippen LogP contribution in [-0.2, 0) is 10.3 Å². The standard InChI is InChI=1S/C16H17Cl3N2S/c17-16(18,19)13-6-4-12(5-7-13)14-11-22-15(20-14)10-21-8-2-1-3-9-21/h4-7,11H,1-3,8-10H2. The first-order chi connectivity index (χ1) is 10.5. The zero-order valence-corrected chi connectivity index (χ0v) is 15.2. The molecule has 2 heterocycles. The highest BCUT2D eigenvalue weighted by molar-refractivity contribution is 7.09. The van der Waals surface area contributed by atoms with E-state index in [1.54, 1.807) is 11.3 Å². The minimum atomic E-state index is -1.37. The molecule has 0 radical (unpaired) electrons. The van der Waals surface area contributed by atoms with Gasteiger partial charge in [-0.3, -0.25) is 4.90 Å². The third-order valence-corrected chi connectivity index (χ3v) is 5.36. The Bertz CT molecular complexity index is 613. The second-order valence-electron chi connectivity index (χ2n) is 5.54. The molecule has 0 unspecified atom stereocenters. The van der Waals surface area contributed by atoms with Crippen LogP contribution in [0.4, 0.5) is 0 Å². The Labute approximate surface area is 150 Å². The third kappa shape index (κ3) is 4.15. The van der Waals surface area contributed by atoms with E-state index in [9.17, 15) is 0 Å². The highest BCUT2D eigenvalue weighted by Gasteiger charge is 2.22. The molecule has 2 nitrogen and oxygen atoms in total. The number of halogens is 3. The lowest BCUT2D eigenvalue weighted by atomic mass is 10.1. The van der Waals surface area contributed by atoms with Crippen molar-refractivity contribution in [3.63, 3.8) is 0 Å². The molecule has 1 fully saturated rings. The summed E-state index contributed by atoms with van der Waals surface area (Å²) in [6.45, 7) is 3.33. The van der Waals surface area contributed by atoms with Crippen molar-refractivity contribution in [2.75, 3.05) is 13.1 Å². The molecule has 1 aliphatic heterocycles. The molecule has 0 N–H and O–H groups in total. The Morgan fingerprint density at radius 3 is 2.36 bits per heavy atom. The number of alkyl halides is 3. The summed E-state index contributed by atoms with van der Waals surface area (Å²) in [5.74, 6) is 0. The summed E-state index contributed by atoms with van der Waals surface area (Å²) >= 11 is 19.4. The maximum atomic E-state index is 5.88. The van der Waals surface area contributed by atoms with Crippen LogP contribution in [0.2, 0.25) is 0 Å². The second-order valence-corrected chi connectivity index (χ2v) is 8.76. The van der Waals surface area contributed by atoms with Crippen molar-refractivity contribution in [2.24, 2.45) is 0 Å². The molecule has 2 aromatic rings. The van der Waals surface area contributed by atoms with Crippen LogP contribution in [0.25, 0.3) is 11.3 Å². The average Bonchev–Trinajstić information content (AvgIpc) is 2.96. The van der Waals surface area contributed by atoms with Gasteiger partial charge in [0.15, 0.2) is 0 Å². The van der Waals surface area contributed by atoms with Crippen molar-refractivity contribution in [1.29, 1.82) is 0 Å². The topological polar surface area (TPSA) is 16.1 Å². The van der Waals surface area contributed by atoms with Gasteiger partial charge in [-0.1, -0.05) is 65.5 Å². The van der Waals surface area contributed by atoms with Crippen molar-refractivity contribution in [3.05, 3.63) is 40.2 Å². The quantitative estimate of drug-likeness (QED) is 0.647. The Balaban J connectivity index is 1.70. The Hall–Kier alpha value is -0.320. The summed E-state index contributed by atoms with van der Waals surface area (Å²) in [5, 5.41) is 3.27. The maximum Gasteiger partial charge on any atom is 0.216 e. The molecule has 3 rings (SSSR count). The van der Waals surface area contributed by atoms with Gasteiger partial charge in [0.25, 0.3) is 0 Å². The molecule has 1 aromatic heterocycles. The Kier molecular flexibility index (Phi) is 5.31. The molecule has 1 aromatic carbocycles. The van der Waals surface area contributed by atoms with Gasteiger partial charge in [-0.15, -0.1) is 11.3 Å². The second kappa shape index (κ2) is 7.06. The largest absolute Gasteiger partial charge is 0.297 e. The summed E-state index contributed by atoms with van der Waals surface area (Å²) in [4.78, 5) is 7.23. The molecule has 6 heteroatoms. The van der Waals surface area contributed by atoms with Crippen LogP contribution in [0, 0.1) is 0 Å². The molecule has 0 atom stereocenters. The van der Waals surface area contributed by atoms with E-state index in [1.165, 1.54) is 37.4 Å². The van der Waals surface area contributed by atoms with Gasteiger partial charge in [0.1, 0.15) is 5.01 Å². The molecule has 118 valence electrons. The van der Waals surface area contributed by atoms with Gasteiger partial charge in [0.2, 0.25) is 3.79 Å². The number of benzene rings is 1. The Morgan fingerprint density at radius 1 is 1.05 bits per heavy atom. The SMILES string of the molecule is ClC(Cl)(Cl)c1ccc(-c2csc(CN3CCCCC3)n2)cc1. The molecule has 1 aliphatic rings. The monoisotopic (exact) mass is 374 g/mol. The number of nitrogens with zero attached hydrogens (tertiary/aromatic N) is 2. The summed E-state index contributed by atoms with van der Waals surface area (Å²) in [5.41, 5.74) is 2.72. The van der Waals surface area contributed by atoms with Crippen LogP contribution in [0.5, 0.6) is 0 Å². The maximum absolute atomic E-state index is 5.88. The zero-order valence-electron chi connectivity index (χ0n) is 12.1. The van der Waals surface area contributed by atoms with E-state index in [4.69, 9.17) is 39.8 Å². The summed E-state index contributed by atoms with van der Waals surface area (Å²) in [6, 6.07) is 7.59. The van der Waals surface area contributed by atoms with E-state index in [1.807, 2.05) is 24.3 Å². The van der Waals surface area contributed by atoms with E-state index >= 15 is 0 Å². The summed E-state index contributed by atoms with van der Waals surface area (Å²) in [6.07, 6.45) is 3.96. The Morgan fingerprint density at radius 2 is 1.73 bits per heavy atom. The molecule has 0 saturated carbocycles. The van der Waals surface area contributed by atoms with E-state index in [0.29, 0.717) is 5.56 Å². The molecule has 1 saturated heterocycles. The molecule has 0 aliphatic carbocycles. The van der Waals surface area contributed by atoms with Crippen LogP contribution < -0.4 is 0 Å². The van der Waals surface area contributed by atoms with Gasteiger partial charge in [-0.25, -0.2) is 4.98 Å². The van der Waals surface area contributed by atoms with E-state index in [2.05, 4.69) is 10.3 Å². The lowest BCUT2D eigenvalue weighted by Crippen LogP contribution is -2.28. The van der Waals surface area contributed by atoms with E-state index in [-0.39, 0.29) is 0 Å². The van der Waals surface area contributed by atoms with E-state index in [0.717, 1.165) is 17.8 Å². The van der Waals surface area contributed by atoms with Crippen LogP contribution in [0.3, 0.4) is 0 Å². The fourth-order valence-electron chi connectivity index (χ4n) is 2.65. The van der Waals surface area contributed by atoms with Crippen molar-refractivity contribution in [1.82, 2.24) is 9.88 Å². The molecule has 22 heavy (non-hydrogen) atoms. The van der Waals surface area contributed by atoms with Crippen molar-refractivity contribution in [2.45, 2.75) is 29.6 Å². The van der Waals surface area contributed by atoms with E-state index < -0.39 is 3.79 Å². The lowest BCUT2D eigenvalue weighted by Gasteiger charge is -2.25. The zero-order chi connectivity index (χ0) is 15.6. The fraction of sp³-hybridized carbons (Fsp3) is 0.438. The number of likely N-dealkylation sites (tertiary alicyclic amines) is 1. The molecule has 0 spiro atoms. The van der Waals surface area contributed by atoms with Crippen LogP contribution in [0.15, 0.2) is 29.6 Å². The summed E-state index contributed by atoms with van der Waals surface area (Å²) in [7, 11) is 0. The molecular formula is C16H17Cl3N2S. The molecular weight excluding hydrogens is 359 g/mol. The van der Waals surface area contributed by atoms with Crippen molar-refractivity contribution >= 4 is 46.1 Å². The van der Waals surface area contributed by atoms with Gasteiger partial charge >= 0.3 is 0 Å². The van der Waals surface area contributed by atoms with Crippen LogP contribution >= 0.6 is 46.1 Å². The highest BCUT2D eigenvalue weighted by Crippen LogP contribution is 2.38. The minimum absolute atomic E-state index is 0.671. The first-order valence-corrected chi connectivity index (χ1v) is 9.38. The van der Waals surface area contributed by atoms with Crippen LogP contribution in [0.1, 0.15) is 29.8 Å². The number of hydrogen-bond donors (Lipinski definition) is 0. The van der Waals surface area contributed by atoms with Gasteiger partial charge < -0.3 is 0 Å². The normalized spacial score (nSPS) is 16.9. The first-order valence-electron chi connectivity index (χ1n) is 7.37. The average molecular weight is 376 g/mol. The smallest absolute Gasteiger partial charge is 0.216 e. The molecule has 0 bridgehead atoms. The first kappa shape index (κ1) is 16.5. The minimum Gasteiger partial charge on any atom is -0.297 e. The van der Waals surface area contributed by atoms with Crippen molar-refractivity contribution < 1.29 is 0 Å². The summed E-state index contributed by atoms with van der Waals surface area (Å²) < 4.78 is -1.37. The number of piperidine rings is 1. The van der Waals surface area contributed by atoms with Gasteiger partial charge in [-0.2, -0.15) is 0 Å². The van der Waals surface area contributed by atoms with Gasteiger partial charge in [0.05, 0.1) is 12.2 Å². The fourth-order valence-corrected chi connectivity index (χ4v) is 3.88. The number of thiazole rings is 1. The highest BCUT2D eigenvalue weighted by atomic mass is 35.6.